The molecule has 107 heavy (non-hydrogen) atoms. The highest BCUT2D eigenvalue weighted by molar-refractivity contribution is 6.03. The van der Waals surface area contributed by atoms with E-state index in [2.05, 4.69) is 263 Å². The Morgan fingerprint density at radius 2 is 0.402 bits per heavy atom. The van der Waals surface area contributed by atoms with Crippen LogP contribution in [0.25, 0.3) is 182 Å². The van der Waals surface area contributed by atoms with Gasteiger partial charge in [0.1, 0.15) is 11.5 Å². The lowest BCUT2D eigenvalue weighted by Gasteiger charge is -2.28. The second-order valence-corrected chi connectivity index (χ2v) is 26.5. The molecule has 6 aromatic heterocycles. The van der Waals surface area contributed by atoms with E-state index in [0.717, 1.165) is 156 Å². The monoisotopic (exact) mass is 1380 g/mol. The Hall–Kier alpha value is -14.6. The molecule has 0 saturated carbocycles. The second kappa shape index (κ2) is 26.0. The first-order chi connectivity index (χ1) is 53.0. The maximum absolute atomic E-state index is 7.47. The van der Waals surface area contributed by atoms with Gasteiger partial charge in [-0.15, -0.1) is 0 Å². The van der Waals surface area contributed by atoms with Crippen LogP contribution < -0.4 is 18.9 Å². The molecule has 0 unspecified atom stereocenters. The highest BCUT2D eigenvalue weighted by Crippen LogP contribution is 2.48. The number of aromatic nitrogens is 8. The molecular weight excluding hydrogens is 1320 g/mol. The molecule has 0 radical (unpaired) electrons. The summed E-state index contributed by atoms with van der Waals surface area (Å²) in [6, 6.07) is 103. The minimum atomic E-state index is -2.29. The van der Waals surface area contributed by atoms with Gasteiger partial charge in [0.25, 0.3) is 0 Å². The summed E-state index contributed by atoms with van der Waals surface area (Å²) in [5, 5.41) is 0. The zero-order valence-corrected chi connectivity index (χ0v) is 57.4. The number of H-pyrrole nitrogens is 4. The highest BCUT2D eigenvalue weighted by atomic mass is 17.0. The van der Waals surface area contributed by atoms with Crippen molar-refractivity contribution in [1.82, 2.24) is 39.9 Å². The van der Waals surface area contributed by atoms with Gasteiger partial charge < -0.3 is 38.9 Å². The average Bonchev–Trinajstić information content (AvgIpc) is 1.63. The van der Waals surface area contributed by atoms with Gasteiger partial charge in [-0.2, -0.15) is 0 Å². The van der Waals surface area contributed by atoms with Gasteiger partial charge in [-0.3, -0.25) is 0 Å². The van der Waals surface area contributed by atoms with Crippen LogP contribution in [0, 0.1) is 0 Å². The predicted octanol–water partition coefficient (Wildman–Crippen LogP) is 23.5. The number of hydrogen-bond acceptors (Lipinski definition) is 8. The molecule has 506 valence electrons. The molecule has 11 heterocycles. The fourth-order valence-electron chi connectivity index (χ4n) is 15.2. The Labute approximate surface area is 615 Å². The lowest BCUT2D eigenvalue weighted by Crippen LogP contribution is -2.50. The lowest BCUT2D eigenvalue weighted by molar-refractivity contribution is -0.349. The Morgan fingerprint density at radius 3 is 0.645 bits per heavy atom. The molecule has 12 heteroatoms. The number of ether oxygens (including phenoxy) is 4. The third-order valence-electron chi connectivity index (χ3n) is 20.0. The van der Waals surface area contributed by atoms with Crippen LogP contribution in [-0.2, 0) is 0 Å². The van der Waals surface area contributed by atoms with E-state index in [1.165, 1.54) is 0 Å². The fourth-order valence-corrected chi connectivity index (χ4v) is 15.2. The van der Waals surface area contributed by atoms with Crippen molar-refractivity contribution >= 4 is 92.7 Å². The van der Waals surface area contributed by atoms with Crippen molar-refractivity contribution in [1.29, 1.82) is 0 Å². The normalized spacial score (nSPS) is 12.9. The van der Waals surface area contributed by atoms with Crippen LogP contribution in [0.2, 0.25) is 0 Å². The molecule has 16 bridgehead atoms. The number of hydrogen-bond donors (Lipinski definition) is 4. The molecule has 5 aliphatic rings. The van der Waals surface area contributed by atoms with Gasteiger partial charge in [0.15, 0.2) is 11.5 Å². The summed E-state index contributed by atoms with van der Waals surface area (Å²) in [6.07, 6.45) is 14.5. The predicted molar refractivity (Wildman–Crippen MR) is 433 cm³/mol. The Balaban J connectivity index is 0.800. The van der Waals surface area contributed by atoms with Gasteiger partial charge in [-0.1, -0.05) is 231 Å². The van der Waals surface area contributed by atoms with Crippen molar-refractivity contribution in [2.45, 2.75) is 6.16 Å². The molecule has 0 aliphatic carbocycles. The molecule has 20 rings (SSSR count). The Bertz CT molecular complexity index is 6080. The van der Waals surface area contributed by atoms with Crippen LogP contribution in [0.1, 0.15) is 45.6 Å². The average molecular weight is 1380 g/mol. The second-order valence-electron chi connectivity index (χ2n) is 26.5. The summed E-state index contributed by atoms with van der Waals surface area (Å²) in [4.78, 5) is 38.0. The van der Waals surface area contributed by atoms with Crippen molar-refractivity contribution in [2.24, 2.45) is 0 Å². The number of nitrogens with zero attached hydrogens (tertiary/aromatic N) is 4. The highest BCUT2D eigenvalue weighted by Gasteiger charge is 2.50. The molecule has 9 aromatic carbocycles. The minimum absolute atomic E-state index is 0.370. The van der Waals surface area contributed by atoms with E-state index in [1.807, 2.05) is 109 Å². The first kappa shape index (κ1) is 62.2. The first-order valence-corrected chi connectivity index (χ1v) is 35.7. The molecule has 0 fully saturated rings. The van der Waals surface area contributed by atoms with E-state index in [1.54, 1.807) is 0 Å². The molecule has 0 saturated heterocycles. The van der Waals surface area contributed by atoms with Crippen LogP contribution in [0.3, 0.4) is 0 Å². The van der Waals surface area contributed by atoms with Crippen LogP contribution in [-0.4, -0.2) is 46.0 Å². The maximum Gasteiger partial charge on any atom is 0.611 e. The van der Waals surface area contributed by atoms with Crippen molar-refractivity contribution < 1.29 is 18.9 Å². The van der Waals surface area contributed by atoms with Crippen molar-refractivity contribution in [2.75, 3.05) is 0 Å². The third-order valence-corrected chi connectivity index (χ3v) is 20.0. The molecule has 4 N–H and O–H groups in total. The van der Waals surface area contributed by atoms with Crippen molar-refractivity contribution in [3.63, 3.8) is 0 Å². The molecule has 15 aromatic rings. The van der Waals surface area contributed by atoms with Gasteiger partial charge >= 0.3 is 6.16 Å². The largest absolute Gasteiger partial charge is 0.611 e. The van der Waals surface area contributed by atoms with Crippen LogP contribution >= 0.6 is 0 Å². The van der Waals surface area contributed by atoms with Crippen molar-refractivity contribution in [3.05, 3.63) is 349 Å². The summed E-state index contributed by atoms with van der Waals surface area (Å²) in [5.74, 6) is 1.58. The number of aromatic amines is 4. The zero-order valence-electron chi connectivity index (χ0n) is 57.4. The SMILES string of the molecule is C1=Cc2nc1c(-c1ccccc1)c1ccc([nH]1)c(-c1ccccc1)c1nc(c(-c3ccccc3OC3(Oc4ccccc4-c4c5nc(c(-c6ccccc6)c6ccc([nH]6)c(-c6ccccc6)c6nc(c(-c7ccccc7)c7ccc4[nH]7)C=C6)C=C5)Oc4ccccc4O3)c3ccc([nH]3)c2-c2ccccc2)C=C1. The zero-order chi connectivity index (χ0) is 70.8. The number of benzene rings is 9. The summed E-state index contributed by atoms with van der Waals surface area (Å²) >= 11 is 0. The van der Waals surface area contributed by atoms with E-state index in [9.17, 15) is 0 Å². The lowest BCUT2D eigenvalue weighted by atomic mass is 10.0. The number of nitrogens with one attached hydrogen (secondary N) is 4. The van der Waals surface area contributed by atoms with Gasteiger partial charge in [0.2, 0.25) is 0 Å². The Kier molecular flexibility index (Phi) is 15.1. The topological polar surface area (TPSA) is 152 Å². The molecular formula is C95H62N8O4. The summed E-state index contributed by atoms with van der Waals surface area (Å²) in [7, 11) is 0. The van der Waals surface area contributed by atoms with Crippen LogP contribution in [0.5, 0.6) is 23.0 Å². The van der Waals surface area contributed by atoms with Crippen LogP contribution in [0.4, 0.5) is 0 Å². The Morgan fingerprint density at radius 1 is 0.206 bits per heavy atom. The van der Waals surface area contributed by atoms with Gasteiger partial charge in [0.05, 0.1) is 45.6 Å². The van der Waals surface area contributed by atoms with E-state index >= 15 is 0 Å². The molecule has 12 nitrogen and oxygen atoms in total. The fraction of sp³-hybridized carbons (Fsp3) is 0.0105. The molecule has 0 amide bonds. The quantitative estimate of drug-likeness (QED) is 0.0883. The number of para-hydroxylation sites is 4. The first-order valence-electron chi connectivity index (χ1n) is 35.7. The molecule has 5 aliphatic heterocycles. The van der Waals surface area contributed by atoms with Gasteiger partial charge in [0, 0.05) is 99.8 Å². The maximum atomic E-state index is 7.47. The van der Waals surface area contributed by atoms with E-state index in [0.29, 0.717) is 45.5 Å². The summed E-state index contributed by atoms with van der Waals surface area (Å²) in [6.45, 7) is 0. The van der Waals surface area contributed by atoms with E-state index < -0.39 is 6.16 Å². The van der Waals surface area contributed by atoms with Crippen LogP contribution in [0.15, 0.2) is 303 Å². The van der Waals surface area contributed by atoms with Gasteiger partial charge in [-0.05, 0) is 155 Å². The summed E-state index contributed by atoms with van der Waals surface area (Å²) < 4.78 is 29.0. The molecule has 0 spiro atoms. The summed E-state index contributed by atoms with van der Waals surface area (Å²) in [5.41, 5.74) is 27.4. The van der Waals surface area contributed by atoms with E-state index in [-0.39, 0.29) is 0 Å². The smallest absolute Gasteiger partial charge is 0.385 e. The standard InChI is InChI=1S/C95H62N8O4/c1-7-25-59(26-8-1)87-67-43-47-71(96-67)89(61-29-11-3-12-30-61)75-51-55-79(100-75)93(80-56-52-76(101-80)90(62-31-13-4-14-32-62)72-48-44-68(87)97-72)65-37-19-21-39-83(65)104-95(106-85-41-23-24-42-86(85)107-95)105-84-40-22-20-38-66(84)94-81-57-53-77(102-81)91(63-33-15-5-16-34-63)73-49-45-69(98-73)88(60-27-9-2-10-28-60)70-46-50-74(99-70)92(64-35-17-6-18-36-64)78-54-58-82(94)103-78/h1-58,96,98,101,103H. The van der Waals surface area contributed by atoms with Gasteiger partial charge in [-0.25, -0.2) is 19.9 Å². The van der Waals surface area contributed by atoms with Crippen molar-refractivity contribution in [3.8, 4) is 112 Å². The minimum Gasteiger partial charge on any atom is -0.385 e. The van der Waals surface area contributed by atoms with E-state index in [4.69, 9.17) is 38.9 Å². The number of rotatable bonds is 12. The molecule has 0 atom stereocenters. The number of fused-ring (bicyclic) bond motifs is 17. The third kappa shape index (κ3) is 11.3.